The van der Waals surface area contributed by atoms with Gasteiger partial charge in [-0.2, -0.15) is 4.98 Å². The molecule has 0 N–H and O–H groups in total. The molecule has 2 aromatic carbocycles. The van der Waals surface area contributed by atoms with E-state index in [0.717, 1.165) is 38.0 Å². The van der Waals surface area contributed by atoms with E-state index in [-0.39, 0.29) is 11.8 Å². The molecule has 0 bridgehead atoms. The molecule has 0 unspecified atom stereocenters. The molecule has 4 rings (SSSR count). The van der Waals surface area contributed by atoms with Gasteiger partial charge in [-0.15, -0.1) is 0 Å². The number of amides is 1. The molecule has 0 spiro atoms. The topological polar surface area (TPSA) is 62.5 Å². The van der Waals surface area contributed by atoms with Crippen molar-refractivity contribution in [3.63, 3.8) is 0 Å². The van der Waals surface area contributed by atoms with Gasteiger partial charge in [-0.05, 0) is 68.2 Å². The summed E-state index contributed by atoms with van der Waals surface area (Å²) < 4.78 is 5.36. The van der Waals surface area contributed by atoms with Crippen LogP contribution in [0, 0.1) is 12.8 Å². The van der Waals surface area contributed by atoms with E-state index in [9.17, 15) is 4.79 Å². The minimum Gasteiger partial charge on any atom is -0.337 e. The van der Waals surface area contributed by atoms with Gasteiger partial charge in [0.15, 0.2) is 0 Å². The highest BCUT2D eigenvalue weighted by molar-refractivity contribution is 6.30. The van der Waals surface area contributed by atoms with Crippen molar-refractivity contribution in [1.29, 1.82) is 0 Å². The SMILES string of the molecule is Cc1ccccc1CN1CCC(C(=O)N(C)Cc2nc(-c3ccc(Cl)cc3)no2)CC1. The first kappa shape index (κ1) is 21.5. The fraction of sp³-hybridized carbons (Fsp3) is 0.375. The molecule has 6 nitrogen and oxygen atoms in total. The first-order valence-electron chi connectivity index (χ1n) is 10.6. The van der Waals surface area contributed by atoms with Crippen LogP contribution in [0.2, 0.25) is 5.02 Å². The standard InChI is InChI=1S/C24H27ClN4O2/c1-17-5-3-4-6-20(17)15-29-13-11-19(12-14-29)24(30)28(2)16-22-26-23(27-31-22)18-7-9-21(25)10-8-18/h3-10,19H,11-16H2,1-2H3. The number of likely N-dealkylation sites (tertiary alicyclic amines) is 1. The second-order valence-electron chi connectivity index (χ2n) is 8.19. The van der Waals surface area contributed by atoms with Gasteiger partial charge in [-0.3, -0.25) is 9.69 Å². The van der Waals surface area contributed by atoms with Crippen molar-refractivity contribution < 1.29 is 9.32 Å². The van der Waals surface area contributed by atoms with E-state index in [1.54, 1.807) is 24.1 Å². The Balaban J connectivity index is 1.29. The molecular weight excluding hydrogens is 412 g/mol. The molecule has 7 heteroatoms. The van der Waals surface area contributed by atoms with E-state index in [0.29, 0.717) is 23.3 Å². The zero-order valence-electron chi connectivity index (χ0n) is 17.9. The minimum atomic E-state index is 0.0387. The summed E-state index contributed by atoms with van der Waals surface area (Å²) in [6.07, 6.45) is 1.74. The first-order valence-corrected chi connectivity index (χ1v) is 11.0. The van der Waals surface area contributed by atoms with Crippen LogP contribution in [0.4, 0.5) is 0 Å². The average molecular weight is 439 g/mol. The van der Waals surface area contributed by atoms with Gasteiger partial charge in [-0.25, -0.2) is 0 Å². The number of nitrogens with zero attached hydrogens (tertiary/aromatic N) is 4. The number of aromatic nitrogens is 2. The number of carbonyl (C=O) groups excluding carboxylic acids is 1. The van der Waals surface area contributed by atoms with E-state index in [2.05, 4.69) is 46.2 Å². The number of rotatable bonds is 6. The van der Waals surface area contributed by atoms with Crippen molar-refractivity contribution in [1.82, 2.24) is 19.9 Å². The van der Waals surface area contributed by atoms with Gasteiger partial charge in [0.1, 0.15) is 0 Å². The maximum Gasteiger partial charge on any atom is 0.246 e. The Morgan fingerprint density at radius 1 is 1.16 bits per heavy atom. The summed E-state index contributed by atoms with van der Waals surface area (Å²) in [5, 5.41) is 4.68. The van der Waals surface area contributed by atoms with Crippen LogP contribution in [-0.2, 0) is 17.9 Å². The van der Waals surface area contributed by atoms with Crippen LogP contribution in [0.1, 0.15) is 29.9 Å². The van der Waals surface area contributed by atoms with Crippen molar-refractivity contribution in [3.8, 4) is 11.4 Å². The number of aryl methyl sites for hydroxylation is 1. The Labute approximate surface area is 187 Å². The lowest BCUT2D eigenvalue weighted by atomic mass is 9.94. The maximum absolute atomic E-state index is 12.9. The smallest absolute Gasteiger partial charge is 0.246 e. The quantitative estimate of drug-likeness (QED) is 0.564. The van der Waals surface area contributed by atoms with Gasteiger partial charge in [0.25, 0.3) is 0 Å². The van der Waals surface area contributed by atoms with Crippen LogP contribution in [0.5, 0.6) is 0 Å². The van der Waals surface area contributed by atoms with E-state index < -0.39 is 0 Å². The summed E-state index contributed by atoms with van der Waals surface area (Å²) in [5.74, 6) is 1.10. The van der Waals surface area contributed by atoms with Crippen molar-refractivity contribution in [2.45, 2.75) is 32.9 Å². The first-order chi connectivity index (χ1) is 15.0. The normalized spacial score (nSPS) is 15.2. The number of halogens is 1. The van der Waals surface area contributed by atoms with Gasteiger partial charge >= 0.3 is 0 Å². The molecule has 1 amide bonds. The van der Waals surface area contributed by atoms with Crippen LogP contribution >= 0.6 is 11.6 Å². The Kier molecular flexibility index (Phi) is 6.68. The third-order valence-corrected chi connectivity index (χ3v) is 6.16. The van der Waals surface area contributed by atoms with Crippen molar-refractivity contribution >= 4 is 17.5 Å². The van der Waals surface area contributed by atoms with Gasteiger partial charge in [-0.1, -0.05) is 41.0 Å². The van der Waals surface area contributed by atoms with Gasteiger partial charge in [0, 0.05) is 30.1 Å². The van der Waals surface area contributed by atoms with Gasteiger partial charge in [0.05, 0.1) is 6.54 Å². The van der Waals surface area contributed by atoms with Gasteiger partial charge in [0.2, 0.25) is 17.6 Å². The van der Waals surface area contributed by atoms with Crippen LogP contribution in [0.25, 0.3) is 11.4 Å². The highest BCUT2D eigenvalue weighted by Crippen LogP contribution is 2.23. The average Bonchev–Trinajstić information content (AvgIpc) is 3.24. The fourth-order valence-electron chi connectivity index (χ4n) is 3.99. The molecular formula is C24H27ClN4O2. The molecule has 3 aromatic rings. The molecule has 0 aliphatic carbocycles. The number of carbonyl (C=O) groups is 1. The molecule has 1 saturated heterocycles. The summed E-state index contributed by atoms with van der Waals surface area (Å²) in [6.45, 7) is 5.26. The number of piperidine rings is 1. The minimum absolute atomic E-state index is 0.0387. The van der Waals surface area contributed by atoms with Gasteiger partial charge < -0.3 is 9.42 Å². The zero-order chi connectivity index (χ0) is 21.8. The Hall–Kier alpha value is -2.70. The molecule has 1 aromatic heterocycles. The van der Waals surface area contributed by atoms with E-state index in [1.165, 1.54) is 11.1 Å². The summed E-state index contributed by atoms with van der Waals surface area (Å²) in [7, 11) is 1.80. The maximum atomic E-state index is 12.9. The third kappa shape index (κ3) is 5.32. The monoisotopic (exact) mass is 438 g/mol. The molecule has 0 atom stereocenters. The molecule has 1 aliphatic heterocycles. The predicted molar refractivity (Wildman–Crippen MR) is 120 cm³/mol. The summed E-state index contributed by atoms with van der Waals surface area (Å²) in [4.78, 5) is 21.5. The number of hydrogen-bond donors (Lipinski definition) is 0. The largest absolute Gasteiger partial charge is 0.337 e. The molecule has 0 saturated carbocycles. The second kappa shape index (κ2) is 9.62. The highest BCUT2D eigenvalue weighted by atomic mass is 35.5. The molecule has 2 heterocycles. The Morgan fingerprint density at radius 3 is 2.58 bits per heavy atom. The van der Waals surface area contributed by atoms with Crippen LogP contribution in [0.3, 0.4) is 0 Å². The number of hydrogen-bond acceptors (Lipinski definition) is 5. The van der Waals surface area contributed by atoms with Crippen molar-refractivity contribution in [3.05, 3.63) is 70.6 Å². The fourth-order valence-corrected chi connectivity index (χ4v) is 4.12. The lowest BCUT2D eigenvalue weighted by Crippen LogP contribution is -2.40. The van der Waals surface area contributed by atoms with Crippen LogP contribution < -0.4 is 0 Å². The molecule has 1 aliphatic rings. The molecule has 1 fully saturated rings. The van der Waals surface area contributed by atoms with Crippen LogP contribution in [0.15, 0.2) is 53.1 Å². The van der Waals surface area contributed by atoms with Crippen molar-refractivity contribution in [2.75, 3.05) is 20.1 Å². The summed E-state index contributed by atoms with van der Waals surface area (Å²) in [5.41, 5.74) is 3.50. The highest BCUT2D eigenvalue weighted by Gasteiger charge is 2.28. The van der Waals surface area contributed by atoms with Crippen LogP contribution in [-0.4, -0.2) is 46.0 Å². The van der Waals surface area contributed by atoms with E-state index in [1.807, 2.05) is 12.1 Å². The predicted octanol–water partition coefficient (Wildman–Crippen LogP) is 4.57. The summed E-state index contributed by atoms with van der Waals surface area (Å²) in [6, 6.07) is 15.7. The molecule has 162 valence electrons. The zero-order valence-corrected chi connectivity index (χ0v) is 18.7. The van der Waals surface area contributed by atoms with Crippen molar-refractivity contribution in [2.24, 2.45) is 5.92 Å². The Bertz CT molecular complexity index is 1030. The second-order valence-corrected chi connectivity index (χ2v) is 8.63. The van der Waals surface area contributed by atoms with E-state index in [4.69, 9.17) is 16.1 Å². The lowest BCUT2D eigenvalue weighted by Gasteiger charge is -2.33. The third-order valence-electron chi connectivity index (χ3n) is 5.91. The lowest BCUT2D eigenvalue weighted by molar-refractivity contribution is -0.136. The summed E-state index contributed by atoms with van der Waals surface area (Å²) >= 11 is 5.93. The molecule has 0 radical (unpaired) electrons. The molecule has 31 heavy (non-hydrogen) atoms. The van der Waals surface area contributed by atoms with E-state index >= 15 is 0 Å². The number of benzene rings is 2. The Morgan fingerprint density at radius 2 is 1.87 bits per heavy atom.